The number of furan rings is 1. The van der Waals surface area contributed by atoms with E-state index in [2.05, 4.69) is 170 Å². The molecule has 0 saturated heterocycles. The van der Waals surface area contributed by atoms with Gasteiger partial charge in [-0.3, -0.25) is 0 Å². The van der Waals surface area contributed by atoms with Crippen LogP contribution < -0.4 is 0 Å². The lowest BCUT2D eigenvalue weighted by Gasteiger charge is -2.12. The molecule has 0 radical (unpaired) electrons. The highest BCUT2D eigenvalue weighted by molar-refractivity contribution is 7.26. The number of nitrogens with zero attached hydrogens (tertiary/aromatic N) is 2. The molecule has 0 amide bonds. The zero-order valence-corrected chi connectivity index (χ0v) is 29.7. The summed E-state index contributed by atoms with van der Waals surface area (Å²) in [6.45, 7) is 0. The Hall–Kier alpha value is -6.88. The van der Waals surface area contributed by atoms with Crippen LogP contribution in [0.3, 0.4) is 0 Å². The second-order valence-corrected chi connectivity index (χ2v) is 15.1. The lowest BCUT2D eigenvalue weighted by molar-refractivity contribution is 0.669. The van der Waals surface area contributed by atoms with Crippen molar-refractivity contribution in [1.29, 1.82) is 0 Å². The van der Waals surface area contributed by atoms with Crippen molar-refractivity contribution in [2.75, 3.05) is 0 Å². The number of benzene rings is 9. The van der Waals surface area contributed by atoms with Crippen LogP contribution in [-0.2, 0) is 0 Å². The quantitative estimate of drug-likeness (QED) is 0.172. The van der Waals surface area contributed by atoms with Gasteiger partial charge in [-0.2, -0.15) is 0 Å². The van der Waals surface area contributed by atoms with Crippen molar-refractivity contribution >= 4 is 96.7 Å². The predicted octanol–water partition coefficient (Wildman–Crippen LogP) is 14.4. The fraction of sp³-hybridized carbons (Fsp3) is 0. The minimum absolute atomic E-state index is 0.692. The topological polar surface area (TPSA) is 38.9 Å². The van der Waals surface area contributed by atoms with Crippen LogP contribution in [-0.4, -0.2) is 9.97 Å². The minimum atomic E-state index is 0.692. The fourth-order valence-electron chi connectivity index (χ4n) is 8.52. The molecule has 0 unspecified atom stereocenters. The van der Waals surface area contributed by atoms with E-state index < -0.39 is 0 Å². The first-order valence-electron chi connectivity index (χ1n) is 18.2. The van der Waals surface area contributed by atoms with Gasteiger partial charge in [0, 0.05) is 32.0 Å². The number of fused-ring (bicyclic) bond motifs is 13. The van der Waals surface area contributed by atoms with Crippen molar-refractivity contribution in [3.05, 3.63) is 170 Å². The molecule has 0 aliphatic rings. The van der Waals surface area contributed by atoms with Gasteiger partial charge < -0.3 is 4.42 Å². The zero-order chi connectivity index (χ0) is 35.3. The van der Waals surface area contributed by atoms with Crippen LogP contribution >= 0.6 is 11.3 Å². The van der Waals surface area contributed by atoms with Gasteiger partial charge >= 0.3 is 0 Å². The van der Waals surface area contributed by atoms with Gasteiger partial charge in [0.2, 0.25) is 0 Å². The Morgan fingerprint density at radius 3 is 1.83 bits per heavy atom. The molecule has 4 heteroatoms. The van der Waals surface area contributed by atoms with Gasteiger partial charge in [0.05, 0.1) is 15.9 Å². The average molecular weight is 705 g/mol. The third-order valence-corrected chi connectivity index (χ3v) is 12.2. The largest absolute Gasteiger partial charge is 0.456 e. The van der Waals surface area contributed by atoms with E-state index in [1.54, 1.807) is 11.3 Å². The van der Waals surface area contributed by atoms with Gasteiger partial charge in [0.15, 0.2) is 5.82 Å². The Labute approximate surface area is 313 Å². The third-order valence-electron chi connectivity index (χ3n) is 11.1. The number of hydrogen-bond acceptors (Lipinski definition) is 4. The number of hydrogen-bond donors (Lipinski definition) is 0. The maximum Gasteiger partial charge on any atom is 0.161 e. The van der Waals surface area contributed by atoms with Crippen molar-refractivity contribution in [1.82, 2.24) is 9.97 Å². The molecule has 0 aliphatic heterocycles. The first-order chi connectivity index (χ1) is 26.7. The normalized spacial score (nSPS) is 12.1. The zero-order valence-electron chi connectivity index (χ0n) is 28.9. The van der Waals surface area contributed by atoms with E-state index in [1.165, 1.54) is 47.8 Å². The van der Waals surface area contributed by atoms with Gasteiger partial charge in [-0.05, 0) is 90.6 Å². The Morgan fingerprint density at radius 1 is 0.407 bits per heavy atom. The fourth-order valence-corrected chi connectivity index (χ4v) is 9.68. The molecule has 0 bridgehead atoms. The summed E-state index contributed by atoms with van der Waals surface area (Å²) in [5, 5.41) is 13.2. The number of rotatable bonds is 3. The molecule has 12 aromatic rings. The second kappa shape index (κ2) is 11.3. The second-order valence-electron chi connectivity index (χ2n) is 14.1. The maximum absolute atomic E-state index is 6.53. The maximum atomic E-state index is 6.53. The Balaban J connectivity index is 1.09. The van der Waals surface area contributed by atoms with E-state index in [9.17, 15) is 0 Å². The summed E-state index contributed by atoms with van der Waals surface area (Å²) >= 11 is 1.76. The monoisotopic (exact) mass is 704 g/mol. The number of aromatic nitrogens is 2. The Morgan fingerprint density at radius 2 is 1.04 bits per heavy atom. The van der Waals surface area contributed by atoms with E-state index in [0.717, 1.165) is 65.5 Å². The highest BCUT2D eigenvalue weighted by atomic mass is 32.1. The summed E-state index contributed by atoms with van der Waals surface area (Å²) in [6.07, 6.45) is 0. The van der Waals surface area contributed by atoms with Crippen LogP contribution in [0.15, 0.2) is 174 Å². The Bertz CT molecular complexity index is 3480. The first kappa shape index (κ1) is 29.7. The molecular weight excluding hydrogens is 677 g/mol. The molecule has 3 aromatic heterocycles. The van der Waals surface area contributed by atoms with Crippen molar-refractivity contribution in [3.8, 4) is 33.8 Å². The van der Waals surface area contributed by atoms with Crippen molar-refractivity contribution in [3.63, 3.8) is 0 Å². The third kappa shape index (κ3) is 4.35. The molecule has 0 aliphatic carbocycles. The summed E-state index contributed by atoms with van der Waals surface area (Å²) in [6, 6.07) is 60.8. The Kier molecular flexibility index (Phi) is 6.21. The highest BCUT2D eigenvalue weighted by Crippen LogP contribution is 2.43. The van der Waals surface area contributed by atoms with Crippen LogP contribution in [0.2, 0.25) is 0 Å². The molecule has 0 saturated carbocycles. The summed E-state index contributed by atoms with van der Waals surface area (Å²) in [7, 11) is 0. The van der Waals surface area contributed by atoms with E-state index in [1.807, 2.05) is 0 Å². The smallest absolute Gasteiger partial charge is 0.161 e. The summed E-state index contributed by atoms with van der Waals surface area (Å²) in [4.78, 5) is 10.8. The standard InChI is InChI=1S/C50H28N2OS/c1-2-11-30-26-33(21-20-29(30)10-1)47-49-48(39-16-7-8-19-45(39)54-49)52-50(51-47)40-17-9-18-44-46(40)42-28-32(23-25-43(42)53-44)31-22-24-38-36-14-4-3-12-34(36)35-13-5-6-15-37(35)41(38)27-31/h1-28H. The number of thiophene rings is 1. The molecule has 3 heterocycles. The molecule has 9 aromatic carbocycles. The minimum Gasteiger partial charge on any atom is -0.456 e. The van der Waals surface area contributed by atoms with Gasteiger partial charge in [0.1, 0.15) is 11.2 Å². The molecule has 250 valence electrons. The van der Waals surface area contributed by atoms with E-state index >= 15 is 0 Å². The van der Waals surface area contributed by atoms with Crippen LogP contribution in [0.4, 0.5) is 0 Å². The molecule has 0 spiro atoms. The summed E-state index contributed by atoms with van der Waals surface area (Å²) < 4.78 is 8.83. The van der Waals surface area contributed by atoms with Gasteiger partial charge in [-0.1, -0.05) is 133 Å². The SMILES string of the molecule is c1ccc2cc(-c3nc(-c4cccc5oc6ccc(-c7ccc8c9ccccc9c9ccccc9c8c7)cc6c45)nc4c3sc3ccccc34)ccc2c1. The molecule has 12 rings (SSSR count). The van der Waals surface area contributed by atoms with Crippen LogP contribution in [0.25, 0.3) is 119 Å². The van der Waals surface area contributed by atoms with E-state index in [0.29, 0.717) is 5.82 Å². The summed E-state index contributed by atoms with van der Waals surface area (Å²) in [5.41, 5.74) is 7.93. The van der Waals surface area contributed by atoms with Crippen LogP contribution in [0.5, 0.6) is 0 Å². The van der Waals surface area contributed by atoms with Gasteiger partial charge in [-0.15, -0.1) is 11.3 Å². The molecular formula is C50H28N2OS. The highest BCUT2D eigenvalue weighted by Gasteiger charge is 2.20. The van der Waals surface area contributed by atoms with Crippen molar-refractivity contribution < 1.29 is 4.42 Å². The van der Waals surface area contributed by atoms with Crippen molar-refractivity contribution in [2.24, 2.45) is 0 Å². The van der Waals surface area contributed by atoms with Crippen LogP contribution in [0.1, 0.15) is 0 Å². The van der Waals surface area contributed by atoms with Crippen molar-refractivity contribution in [2.45, 2.75) is 0 Å². The van der Waals surface area contributed by atoms with E-state index in [-0.39, 0.29) is 0 Å². The molecule has 0 fully saturated rings. The van der Waals surface area contributed by atoms with Gasteiger partial charge in [0.25, 0.3) is 0 Å². The summed E-state index contributed by atoms with van der Waals surface area (Å²) in [5.74, 6) is 0.692. The first-order valence-corrected chi connectivity index (χ1v) is 19.0. The van der Waals surface area contributed by atoms with Crippen LogP contribution in [0, 0.1) is 0 Å². The molecule has 3 nitrogen and oxygen atoms in total. The predicted molar refractivity (Wildman–Crippen MR) is 229 cm³/mol. The van der Waals surface area contributed by atoms with E-state index in [4.69, 9.17) is 14.4 Å². The van der Waals surface area contributed by atoms with Gasteiger partial charge in [-0.25, -0.2) is 9.97 Å². The average Bonchev–Trinajstić information content (AvgIpc) is 3.81. The molecule has 0 N–H and O–H groups in total. The molecule has 54 heavy (non-hydrogen) atoms. The lowest BCUT2D eigenvalue weighted by Crippen LogP contribution is -1.94. The molecule has 0 atom stereocenters. The lowest BCUT2D eigenvalue weighted by atomic mass is 9.92.